The first-order valence-electron chi connectivity index (χ1n) is 5.06. The van der Waals surface area contributed by atoms with Gasteiger partial charge in [0.25, 0.3) is 0 Å². The first kappa shape index (κ1) is 14.8. The molecule has 0 atom stereocenters. The number of ether oxygens (including phenoxy) is 1. The van der Waals surface area contributed by atoms with Gasteiger partial charge in [-0.3, -0.25) is 0 Å². The second-order valence-electron chi connectivity index (χ2n) is 3.48. The molecule has 0 saturated carbocycles. The van der Waals surface area contributed by atoms with Crippen molar-refractivity contribution in [3.05, 3.63) is 29.8 Å². The SMILES string of the molecule is COc1ccc(C/C(N)=N/OC(=O)C(F)(F)F)cc1. The van der Waals surface area contributed by atoms with E-state index in [1.54, 1.807) is 24.3 Å². The second-order valence-corrected chi connectivity index (χ2v) is 3.48. The highest BCUT2D eigenvalue weighted by Gasteiger charge is 2.41. The first-order valence-corrected chi connectivity index (χ1v) is 5.06. The van der Waals surface area contributed by atoms with Gasteiger partial charge in [0.05, 0.1) is 7.11 Å². The van der Waals surface area contributed by atoms with Gasteiger partial charge in [0.2, 0.25) is 0 Å². The lowest BCUT2D eigenvalue weighted by Gasteiger charge is -2.04. The number of hydrogen-bond donors (Lipinski definition) is 1. The quantitative estimate of drug-likeness (QED) is 0.392. The Bertz CT molecular complexity index is 469. The number of oxime groups is 1. The molecule has 0 saturated heterocycles. The van der Waals surface area contributed by atoms with Crippen LogP contribution in [0.1, 0.15) is 5.56 Å². The topological polar surface area (TPSA) is 73.9 Å². The Hall–Kier alpha value is -2.25. The van der Waals surface area contributed by atoms with E-state index in [0.29, 0.717) is 11.3 Å². The van der Waals surface area contributed by atoms with Crippen LogP contribution in [0.2, 0.25) is 0 Å². The number of methoxy groups -OCH3 is 1. The van der Waals surface area contributed by atoms with Gasteiger partial charge in [-0.15, -0.1) is 0 Å². The molecule has 0 unspecified atom stereocenters. The zero-order valence-electron chi connectivity index (χ0n) is 9.90. The molecule has 0 heterocycles. The molecule has 0 amide bonds. The molecule has 0 aromatic heterocycles. The predicted octanol–water partition coefficient (Wildman–Crippen LogP) is 1.62. The van der Waals surface area contributed by atoms with Crippen LogP contribution in [0.5, 0.6) is 5.75 Å². The molecule has 2 N–H and O–H groups in total. The van der Waals surface area contributed by atoms with Crippen LogP contribution in [0, 0.1) is 0 Å². The van der Waals surface area contributed by atoms with Gasteiger partial charge in [0.15, 0.2) is 0 Å². The molecule has 104 valence electrons. The maximum atomic E-state index is 11.8. The van der Waals surface area contributed by atoms with Crippen LogP contribution in [0.25, 0.3) is 0 Å². The lowest BCUT2D eigenvalue weighted by Crippen LogP contribution is -2.25. The average Bonchev–Trinajstić information content (AvgIpc) is 2.35. The van der Waals surface area contributed by atoms with Gasteiger partial charge in [-0.05, 0) is 17.7 Å². The zero-order chi connectivity index (χ0) is 14.5. The van der Waals surface area contributed by atoms with Crippen molar-refractivity contribution in [3.63, 3.8) is 0 Å². The number of halogens is 3. The van der Waals surface area contributed by atoms with Crippen molar-refractivity contribution >= 4 is 11.8 Å². The summed E-state index contributed by atoms with van der Waals surface area (Å²) in [5.74, 6) is -2.03. The van der Waals surface area contributed by atoms with Gasteiger partial charge in [0, 0.05) is 6.42 Å². The number of carbonyl (C=O) groups is 1. The number of benzene rings is 1. The van der Waals surface area contributed by atoms with Gasteiger partial charge in [0.1, 0.15) is 11.6 Å². The summed E-state index contributed by atoms with van der Waals surface area (Å²) in [6.45, 7) is 0. The van der Waals surface area contributed by atoms with Crippen LogP contribution in [0.3, 0.4) is 0 Å². The van der Waals surface area contributed by atoms with Crippen molar-refractivity contribution in [3.8, 4) is 5.75 Å². The Morgan fingerprint density at radius 1 is 1.32 bits per heavy atom. The van der Waals surface area contributed by atoms with Gasteiger partial charge in [-0.1, -0.05) is 17.3 Å². The number of nitrogens with zero attached hydrogens (tertiary/aromatic N) is 1. The maximum Gasteiger partial charge on any atom is 0.493 e. The summed E-state index contributed by atoms with van der Waals surface area (Å²) in [5, 5.41) is 2.92. The molecule has 1 rings (SSSR count). The number of carbonyl (C=O) groups excluding carboxylic acids is 1. The van der Waals surface area contributed by atoms with Crippen LogP contribution < -0.4 is 10.5 Å². The van der Waals surface area contributed by atoms with Crippen molar-refractivity contribution in [1.82, 2.24) is 0 Å². The average molecular weight is 276 g/mol. The Balaban J connectivity index is 2.58. The first-order chi connectivity index (χ1) is 8.82. The molecule has 8 heteroatoms. The molecule has 19 heavy (non-hydrogen) atoms. The molecule has 5 nitrogen and oxygen atoms in total. The minimum atomic E-state index is -5.09. The Kier molecular flexibility index (Phi) is 4.74. The van der Waals surface area contributed by atoms with Crippen molar-refractivity contribution < 1.29 is 27.5 Å². The van der Waals surface area contributed by atoms with Crippen LogP contribution in [0.4, 0.5) is 13.2 Å². The fourth-order valence-corrected chi connectivity index (χ4v) is 1.14. The minimum absolute atomic E-state index is 0.0507. The second kappa shape index (κ2) is 6.07. The molecule has 0 aliphatic rings. The predicted molar refractivity (Wildman–Crippen MR) is 60.5 cm³/mol. The molecule has 0 aliphatic heterocycles. The standard InChI is InChI=1S/C11H11F3N2O3/c1-18-8-4-2-7(3-5-8)6-9(15)16-19-10(17)11(12,13)14/h2-5H,6H2,1H3,(H2,15,16). The number of alkyl halides is 3. The number of hydrogen-bond acceptors (Lipinski definition) is 4. The van der Waals surface area contributed by atoms with Crippen LogP contribution in [-0.4, -0.2) is 25.1 Å². The van der Waals surface area contributed by atoms with E-state index in [9.17, 15) is 18.0 Å². The van der Waals surface area contributed by atoms with Crippen LogP contribution in [-0.2, 0) is 16.1 Å². The third-order valence-corrected chi connectivity index (χ3v) is 2.02. The highest BCUT2D eigenvalue weighted by atomic mass is 19.4. The molecule has 0 bridgehead atoms. The van der Waals surface area contributed by atoms with Crippen molar-refractivity contribution in [2.45, 2.75) is 12.6 Å². The fraction of sp³-hybridized carbons (Fsp3) is 0.273. The van der Waals surface area contributed by atoms with E-state index >= 15 is 0 Å². The van der Waals surface area contributed by atoms with E-state index < -0.39 is 12.1 Å². The number of nitrogens with two attached hydrogens (primary N) is 1. The summed E-state index contributed by atoms with van der Waals surface area (Å²) >= 11 is 0. The highest BCUT2D eigenvalue weighted by Crippen LogP contribution is 2.16. The van der Waals surface area contributed by atoms with Crippen LogP contribution in [0.15, 0.2) is 29.4 Å². The fourth-order valence-electron chi connectivity index (χ4n) is 1.14. The zero-order valence-corrected chi connectivity index (χ0v) is 9.90. The minimum Gasteiger partial charge on any atom is -0.497 e. The van der Waals surface area contributed by atoms with Gasteiger partial charge >= 0.3 is 12.1 Å². The third-order valence-electron chi connectivity index (χ3n) is 2.02. The lowest BCUT2D eigenvalue weighted by molar-refractivity contribution is -0.199. The summed E-state index contributed by atoms with van der Waals surface area (Å²) < 4.78 is 40.4. The van der Waals surface area contributed by atoms with E-state index in [4.69, 9.17) is 10.5 Å². The maximum absolute atomic E-state index is 11.8. The van der Waals surface area contributed by atoms with Crippen LogP contribution >= 0.6 is 0 Å². The molecule has 1 aromatic carbocycles. The van der Waals surface area contributed by atoms with Gasteiger partial charge in [-0.2, -0.15) is 13.2 Å². The van der Waals surface area contributed by atoms with Gasteiger partial charge < -0.3 is 15.3 Å². The van der Waals surface area contributed by atoms with Crippen molar-refractivity contribution in [2.24, 2.45) is 10.9 Å². The van der Waals surface area contributed by atoms with E-state index in [-0.39, 0.29) is 12.3 Å². The van der Waals surface area contributed by atoms with E-state index in [1.807, 2.05) is 0 Å². The van der Waals surface area contributed by atoms with Gasteiger partial charge in [-0.25, -0.2) is 4.79 Å². The molecular weight excluding hydrogens is 265 g/mol. The molecule has 0 radical (unpaired) electrons. The summed E-state index contributed by atoms with van der Waals surface area (Å²) in [4.78, 5) is 14.0. The third kappa shape index (κ3) is 4.86. The van der Waals surface area contributed by atoms with E-state index in [2.05, 4.69) is 9.99 Å². The van der Waals surface area contributed by atoms with E-state index in [1.165, 1.54) is 7.11 Å². The monoisotopic (exact) mass is 276 g/mol. The molecule has 0 aliphatic carbocycles. The highest BCUT2D eigenvalue weighted by molar-refractivity contribution is 5.83. The Morgan fingerprint density at radius 3 is 2.37 bits per heavy atom. The summed E-state index contributed by atoms with van der Waals surface area (Å²) in [5.41, 5.74) is 6.03. The van der Waals surface area contributed by atoms with Crippen molar-refractivity contribution in [2.75, 3.05) is 7.11 Å². The number of amidine groups is 1. The molecular formula is C11H11F3N2O3. The lowest BCUT2D eigenvalue weighted by atomic mass is 10.1. The summed E-state index contributed by atoms with van der Waals surface area (Å²) in [6.07, 6.45) is -5.04. The smallest absolute Gasteiger partial charge is 0.493 e. The molecule has 1 aromatic rings. The summed E-state index contributed by atoms with van der Waals surface area (Å²) in [7, 11) is 1.50. The summed E-state index contributed by atoms with van der Waals surface area (Å²) in [6, 6.07) is 6.63. The Morgan fingerprint density at radius 2 is 1.89 bits per heavy atom. The Labute approximate surface area is 106 Å². The van der Waals surface area contributed by atoms with E-state index in [0.717, 1.165) is 0 Å². The number of rotatable bonds is 4. The van der Waals surface area contributed by atoms with Crippen molar-refractivity contribution in [1.29, 1.82) is 0 Å². The largest absolute Gasteiger partial charge is 0.497 e. The molecule has 0 spiro atoms. The molecule has 0 fully saturated rings. The normalized spacial score (nSPS) is 12.1.